The third kappa shape index (κ3) is 4.87. The van der Waals surface area contributed by atoms with Gasteiger partial charge in [0.05, 0.1) is 6.10 Å². The minimum Gasteiger partial charge on any atom is -0.377 e. The Kier molecular flexibility index (Phi) is 6.46. The molecule has 1 N–H and O–H groups in total. The number of likely N-dealkylation sites (N-methyl/N-ethyl adjacent to an activating group) is 1. The van der Waals surface area contributed by atoms with Crippen molar-refractivity contribution >= 4 is 0 Å². The van der Waals surface area contributed by atoms with Gasteiger partial charge in [-0.05, 0) is 32.2 Å². The minimum absolute atomic E-state index is 0.500. The quantitative estimate of drug-likeness (QED) is 0.755. The first-order valence-corrected chi connectivity index (χ1v) is 7.96. The highest BCUT2D eigenvalue weighted by atomic mass is 16.5. The zero-order valence-corrected chi connectivity index (χ0v) is 12.0. The van der Waals surface area contributed by atoms with Gasteiger partial charge in [0.2, 0.25) is 0 Å². The molecule has 1 unspecified atom stereocenters. The third-order valence-electron chi connectivity index (χ3n) is 4.40. The van der Waals surface area contributed by atoms with Crippen molar-refractivity contribution in [2.75, 3.05) is 32.8 Å². The van der Waals surface area contributed by atoms with E-state index in [1.54, 1.807) is 0 Å². The van der Waals surface area contributed by atoms with Gasteiger partial charge in [-0.15, -0.1) is 0 Å². The summed E-state index contributed by atoms with van der Waals surface area (Å²) in [6, 6.07) is 0.792. The molecule has 1 saturated carbocycles. The normalized spacial score (nSPS) is 26.0. The molecule has 2 rings (SSSR count). The molecule has 1 aliphatic heterocycles. The molecule has 3 heteroatoms. The summed E-state index contributed by atoms with van der Waals surface area (Å²) >= 11 is 0. The van der Waals surface area contributed by atoms with Crippen molar-refractivity contribution < 1.29 is 4.74 Å². The van der Waals surface area contributed by atoms with Gasteiger partial charge in [-0.2, -0.15) is 0 Å². The number of hydrogen-bond donors (Lipinski definition) is 1. The second kappa shape index (κ2) is 8.13. The van der Waals surface area contributed by atoms with Crippen LogP contribution in [-0.2, 0) is 4.74 Å². The first-order chi connectivity index (χ1) is 8.88. The monoisotopic (exact) mass is 254 g/mol. The summed E-state index contributed by atoms with van der Waals surface area (Å²) in [6.45, 7) is 7.82. The first kappa shape index (κ1) is 14.3. The zero-order valence-electron chi connectivity index (χ0n) is 12.0. The van der Waals surface area contributed by atoms with Crippen molar-refractivity contribution in [3.63, 3.8) is 0 Å². The van der Waals surface area contributed by atoms with Crippen LogP contribution in [0.15, 0.2) is 0 Å². The first-order valence-electron chi connectivity index (χ1n) is 7.96. The van der Waals surface area contributed by atoms with Crippen LogP contribution in [-0.4, -0.2) is 49.8 Å². The van der Waals surface area contributed by atoms with Crippen LogP contribution < -0.4 is 5.32 Å². The molecule has 0 amide bonds. The fourth-order valence-electron chi connectivity index (χ4n) is 3.19. The van der Waals surface area contributed by atoms with Crippen LogP contribution in [0.3, 0.4) is 0 Å². The Morgan fingerprint density at radius 3 is 2.61 bits per heavy atom. The summed E-state index contributed by atoms with van der Waals surface area (Å²) in [7, 11) is 0. The van der Waals surface area contributed by atoms with Crippen LogP contribution in [0, 0.1) is 0 Å². The molecule has 2 fully saturated rings. The van der Waals surface area contributed by atoms with E-state index >= 15 is 0 Å². The predicted octanol–water partition coefficient (Wildman–Crippen LogP) is 2.41. The lowest BCUT2D eigenvalue weighted by atomic mass is 9.95. The van der Waals surface area contributed by atoms with Crippen molar-refractivity contribution in [3.8, 4) is 0 Å². The van der Waals surface area contributed by atoms with Crippen molar-refractivity contribution in [3.05, 3.63) is 0 Å². The molecule has 3 nitrogen and oxygen atoms in total. The lowest BCUT2D eigenvalue weighted by molar-refractivity contribution is 0.0747. The van der Waals surface area contributed by atoms with Gasteiger partial charge in [-0.3, -0.25) is 4.90 Å². The van der Waals surface area contributed by atoms with E-state index in [0.717, 1.165) is 32.3 Å². The zero-order chi connectivity index (χ0) is 12.6. The average molecular weight is 254 g/mol. The van der Waals surface area contributed by atoms with Gasteiger partial charge < -0.3 is 10.1 Å². The van der Waals surface area contributed by atoms with E-state index in [4.69, 9.17) is 4.74 Å². The Morgan fingerprint density at radius 1 is 1.11 bits per heavy atom. The second-order valence-corrected chi connectivity index (χ2v) is 5.82. The Bertz CT molecular complexity index is 211. The Morgan fingerprint density at radius 2 is 1.94 bits per heavy atom. The van der Waals surface area contributed by atoms with Crippen LogP contribution in [0.5, 0.6) is 0 Å². The molecule has 1 aliphatic carbocycles. The standard InChI is InChI=1S/C15H30N2O/c1-2-17(13-15-9-6-12-18-15)11-10-16-14-7-4-3-5-8-14/h14-16H,2-13H2,1H3. The Hall–Kier alpha value is -0.120. The molecule has 2 aliphatic rings. The number of nitrogens with one attached hydrogen (secondary N) is 1. The topological polar surface area (TPSA) is 24.5 Å². The number of nitrogens with zero attached hydrogens (tertiary/aromatic N) is 1. The molecule has 0 bridgehead atoms. The van der Waals surface area contributed by atoms with E-state index in [2.05, 4.69) is 17.1 Å². The molecule has 18 heavy (non-hydrogen) atoms. The van der Waals surface area contributed by atoms with E-state index in [1.165, 1.54) is 51.5 Å². The number of ether oxygens (including phenoxy) is 1. The molecule has 0 aromatic carbocycles. The molecule has 0 aromatic heterocycles. The van der Waals surface area contributed by atoms with Crippen LogP contribution in [0.4, 0.5) is 0 Å². The van der Waals surface area contributed by atoms with Crippen molar-refractivity contribution in [1.29, 1.82) is 0 Å². The van der Waals surface area contributed by atoms with E-state index < -0.39 is 0 Å². The molecule has 1 saturated heterocycles. The van der Waals surface area contributed by atoms with Crippen LogP contribution in [0.1, 0.15) is 51.9 Å². The summed E-state index contributed by atoms with van der Waals surface area (Å²) in [5.41, 5.74) is 0. The van der Waals surface area contributed by atoms with Crippen molar-refractivity contribution in [2.24, 2.45) is 0 Å². The highest BCUT2D eigenvalue weighted by molar-refractivity contribution is 4.74. The van der Waals surface area contributed by atoms with E-state index in [0.29, 0.717) is 6.10 Å². The average Bonchev–Trinajstić information content (AvgIpc) is 2.92. The van der Waals surface area contributed by atoms with Gasteiger partial charge in [0.15, 0.2) is 0 Å². The van der Waals surface area contributed by atoms with Crippen LogP contribution in [0.2, 0.25) is 0 Å². The van der Waals surface area contributed by atoms with Crippen LogP contribution in [0.25, 0.3) is 0 Å². The van der Waals surface area contributed by atoms with E-state index in [9.17, 15) is 0 Å². The molecule has 0 spiro atoms. The van der Waals surface area contributed by atoms with Gasteiger partial charge in [0, 0.05) is 32.3 Å². The van der Waals surface area contributed by atoms with Crippen LogP contribution >= 0.6 is 0 Å². The maximum absolute atomic E-state index is 5.72. The van der Waals surface area contributed by atoms with E-state index in [1.807, 2.05) is 0 Å². The third-order valence-corrected chi connectivity index (χ3v) is 4.40. The highest BCUT2D eigenvalue weighted by Gasteiger charge is 2.18. The summed E-state index contributed by atoms with van der Waals surface area (Å²) in [6.07, 6.45) is 10.1. The van der Waals surface area contributed by atoms with Gasteiger partial charge in [0.25, 0.3) is 0 Å². The largest absolute Gasteiger partial charge is 0.377 e. The minimum atomic E-state index is 0.500. The summed E-state index contributed by atoms with van der Waals surface area (Å²) in [5.74, 6) is 0. The lowest BCUT2D eigenvalue weighted by Gasteiger charge is -2.27. The molecule has 0 aromatic rings. The SMILES string of the molecule is CCN(CCNC1CCCCC1)CC1CCCO1. The summed E-state index contributed by atoms with van der Waals surface area (Å²) < 4.78 is 5.72. The van der Waals surface area contributed by atoms with Crippen molar-refractivity contribution in [1.82, 2.24) is 10.2 Å². The molecule has 1 heterocycles. The van der Waals surface area contributed by atoms with Gasteiger partial charge in [-0.1, -0.05) is 26.2 Å². The Labute approximate surface area is 112 Å². The molecular formula is C15H30N2O. The summed E-state index contributed by atoms with van der Waals surface area (Å²) in [4.78, 5) is 2.53. The summed E-state index contributed by atoms with van der Waals surface area (Å²) in [5, 5.41) is 3.73. The fraction of sp³-hybridized carbons (Fsp3) is 1.00. The van der Waals surface area contributed by atoms with Gasteiger partial charge in [0.1, 0.15) is 0 Å². The second-order valence-electron chi connectivity index (χ2n) is 5.82. The van der Waals surface area contributed by atoms with Gasteiger partial charge >= 0.3 is 0 Å². The molecular weight excluding hydrogens is 224 g/mol. The Balaban J connectivity index is 1.57. The van der Waals surface area contributed by atoms with Gasteiger partial charge in [-0.25, -0.2) is 0 Å². The maximum Gasteiger partial charge on any atom is 0.0702 e. The van der Waals surface area contributed by atoms with E-state index in [-0.39, 0.29) is 0 Å². The maximum atomic E-state index is 5.72. The molecule has 106 valence electrons. The molecule has 1 atom stereocenters. The van der Waals surface area contributed by atoms with Crippen molar-refractivity contribution in [2.45, 2.75) is 64.0 Å². The predicted molar refractivity (Wildman–Crippen MR) is 76.0 cm³/mol. The number of hydrogen-bond acceptors (Lipinski definition) is 3. The smallest absolute Gasteiger partial charge is 0.0702 e. The highest BCUT2D eigenvalue weighted by Crippen LogP contribution is 2.17. The lowest BCUT2D eigenvalue weighted by Crippen LogP contribution is -2.40. The number of rotatable bonds is 7. The fourth-order valence-corrected chi connectivity index (χ4v) is 3.19. The molecule has 0 radical (unpaired) electrons.